The van der Waals surface area contributed by atoms with E-state index in [1.54, 1.807) is 6.92 Å². The predicted molar refractivity (Wildman–Crippen MR) is 88.6 cm³/mol. The summed E-state index contributed by atoms with van der Waals surface area (Å²) >= 11 is 0. The van der Waals surface area contributed by atoms with Gasteiger partial charge in [-0.1, -0.05) is 0 Å². The Morgan fingerprint density at radius 1 is 1.29 bits per heavy atom. The first kappa shape index (κ1) is 23.1. The summed E-state index contributed by atoms with van der Waals surface area (Å²) in [7, 11) is -10.5. The number of nitrogens with zero attached hydrogens (tertiary/aromatic N) is 2. The van der Waals surface area contributed by atoms with Crippen LogP contribution in [0.5, 0.6) is 0 Å². The maximum absolute atomic E-state index is 12.1. The van der Waals surface area contributed by atoms with Crippen LogP contribution in [0.1, 0.15) is 13.2 Å². The van der Waals surface area contributed by atoms with Crippen LogP contribution < -0.4 is 11.2 Å². The topological polar surface area (TPSA) is 219 Å². The van der Waals surface area contributed by atoms with Gasteiger partial charge in [0.15, 0.2) is 12.0 Å². The number of phosphoric ester groups is 1. The van der Waals surface area contributed by atoms with Crippen LogP contribution in [-0.2, 0) is 27.5 Å². The van der Waals surface area contributed by atoms with Gasteiger partial charge in [0.2, 0.25) is 0 Å². The van der Waals surface area contributed by atoms with E-state index in [0.29, 0.717) is 6.61 Å². The Balaban J connectivity index is 2.07. The smallest absolute Gasteiger partial charge is 0.387 e. The van der Waals surface area contributed by atoms with E-state index in [-0.39, 0.29) is 5.82 Å². The van der Waals surface area contributed by atoms with Crippen molar-refractivity contribution in [3.63, 3.8) is 0 Å². The predicted octanol–water partition coefficient (Wildman–Crippen LogP) is -1.55. The average molecular weight is 447 g/mol. The molecule has 1 aromatic heterocycles. The number of aromatic nitrogens is 2. The molecule has 1 unspecified atom stereocenters. The largest absolute Gasteiger partial charge is 0.481 e. The highest BCUT2D eigenvalue weighted by molar-refractivity contribution is 7.60. The zero-order valence-corrected chi connectivity index (χ0v) is 16.0. The monoisotopic (exact) mass is 447 g/mol. The number of aliphatic hydroxyl groups excluding tert-OH is 2. The van der Waals surface area contributed by atoms with E-state index in [1.807, 2.05) is 0 Å². The standard InChI is InChI=1S/C11H19N3O12P2/c1-2-23-13-7-3-4-14(11(17)12-7)10-9(16)8(15)6(25-10)5-24-28(21,22)26-27(18,19)20/h3-4,6,8-10,15-16H,2,5H2,1H3,(H,21,22)(H,12,13,17)(H2,18,19,20)/t6-,8-,9-,10-/m1/s1. The fraction of sp³-hybridized carbons (Fsp3) is 0.636. The third kappa shape index (κ3) is 6.14. The molecule has 6 N–H and O–H groups in total. The fourth-order valence-electron chi connectivity index (χ4n) is 2.23. The van der Waals surface area contributed by atoms with Crippen LogP contribution in [0.3, 0.4) is 0 Å². The van der Waals surface area contributed by atoms with Gasteiger partial charge in [-0.05, 0) is 13.0 Å². The van der Waals surface area contributed by atoms with Gasteiger partial charge < -0.3 is 29.6 Å². The fourth-order valence-corrected chi connectivity index (χ4v) is 3.83. The third-order valence-corrected chi connectivity index (χ3v) is 5.53. The molecule has 1 fully saturated rings. The first-order valence-corrected chi connectivity index (χ1v) is 10.7. The Labute approximate surface area is 157 Å². The summed E-state index contributed by atoms with van der Waals surface area (Å²) < 4.78 is 36.1. The number of rotatable bonds is 9. The SMILES string of the molecule is CCONc1ccn([C@@H]2O[C@H](COP(=O)(O)OP(=O)(O)O)[C@@H](O)[C@H]2O)c(=O)n1. The summed E-state index contributed by atoms with van der Waals surface area (Å²) in [5.74, 6) is 0.0897. The molecule has 17 heteroatoms. The van der Waals surface area contributed by atoms with Gasteiger partial charge in [-0.2, -0.15) is 9.29 Å². The van der Waals surface area contributed by atoms with Crippen molar-refractivity contribution in [2.75, 3.05) is 18.7 Å². The van der Waals surface area contributed by atoms with Crippen LogP contribution >= 0.6 is 15.6 Å². The summed E-state index contributed by atoms with van der Waals surface area (Å²) in [5, 5.41) is 20.1. The summed E-state index contributed by atoms with van der Waals surface area (Å²) in [6, 6.07) is 1.33. The molecular weight excluding hydrogens is 428 g/mol. The lowest BCUT2D eigenvalue weighted by Crippen LogP contribution is -2.36. The molecule has 0 saturated carbocycles. The maximum Gasteiger partial charge on any atom is 0.481 e. The Kier molecular flexibility index (Phi) is 7.47. The summed E-state index contributed by atoms with van der Waals surface area (Å²) in [5.41, 5.74) is 1.54. The van der Waals surface area contributed by atoms with Crippen LogP contribution in [-0.4, -0.2) is 66.0 Å². The molecule has 15 nitrogen and oxygen atoms in total. The van der Waals surface area contributed by atoms with Crippen LogP contribution in [0.2, 0.25) is 0 Å². The number of phosphoric acid groups is 2. The first-order chi connectivity index (χ1) is 12.9. The average Bonchev–Trinajstić information content (AvgIpc) is 2.84. The maximum atomic E-state index is 12.1. The molecule has 5 atom stereocenters. The molecule has 0 aliphatic carbocycles. The molecule has 1 aliphatic rings. The van der Waals surface area contributed by atoms with Crippen molar-refractivity contribution in [1.82, 2.24) is 9.55 Å². The van der Waals surface area contributed by atoms with Gasteiger partial charge in [0.25, 0.3) is 0 Å². The van der Waals surface area contributed by atoms with Crippen LogP contribution in [0.15, 0.2) is 17.1 Å². The van der Waals surface area contributed by atoms with Gasteiger partial charge in [-0.3, -0.25) is 13.9 Å². The third-order valence-electron chi connectivity index (χ3n) is 3.37. The number of anilines is 1. The number of aliphatic hydroxyl groups is 2. The molecule has 0 radical (unpaired) electrons. The van der Waals surface area contributed by atoms with Gasteiger partial charge >= 0.3 is 21.3 Å². The Morgan fingerprint density at radius 3 is 2.54 bits per heavy atom. The zero-order chi connectivity index (χ0) is 21.1. The Morgan fingerprint density at radius 2 is 1.96 bits per heavy atom. The highest BCUT2D eigenvalue weighted by Gasteiger charge is 2.45. The van der Waals surface area contributed by atoms with Crippen LogP contribution in [0.4, 0.5) is 5.82 Å². The molecule has 0 amide bonds. The summed E-state index contributed by atoms with van der Waals surface area (Å²) in [6.45, 7) is 1.13. The molecule has 2 heterocycles. The second kappa shape index (κ2) is 9.07. The van der Waals surface area contributed by atoms with Gasteiger partial charge in [-0.15, -0.1) is 0 Å². The Hall–Kier alpha value is -1.22. The molecule has 2 rings (SSSR count). The van der Waals surface area contributed by atoms with Crippen LogP contribution in [0, 0.1) is 0 Å². The van der Waals surface area contributed by atoms with Crippen molar-refractivity contribution in [3.8, 4) is 0 Å². The van der Waals surface area contributed by atoms with E-state index in [2.05, 4.69) is 19.3 Å². The summed E-state index contributed by atoms with van der Waals surface area (Å²) in [4.78, 5) is 46.9. The minimum atomic E-state index is -5.32. The van der Waals surface area contributed by atoms with E-state index < -0.39 is 52.5 Å². The van der Waals surface area contributed by atoms with Crippen molar-refractivity contribution < 1.29 is 52.4 Å². The Bertz CT molecular complexity index is 827. The van der Waals surface area contributed by atoms with E-state index in [0.717, 1.165) is 4.57 Å². The van der Waals surface area contributed by atoms with Crippen molar-refractivity contribution in [2.45, 2.75) is 31.5 Å². The molecule has 0 bridgehead atoms. The van der Waals surface area contributed by atoms with Gasteiger partial charge in [0.1, 0.15) is 18.3 Å². The van der Waals surface area contributed by atoms with E-state index >= 15 is 0 Å². The zero-order valence-electron chi connectivity index (χ0n) is 14.3. The van der Waals surface area contributed by atoms with Crippen molar-refractivity contribution >= 4 is 21.5 Å². The van der Waals surface area contributed by atoms with Gasteiger partial charge in [0.05, 0.1) is 13.2 Å². The van der Waals surface area contributed by atoms with Gasteiger partial charge in [-0.25, -0.2) is 19.4 Å². The molecule has 0 aromatic carbocycles. The molecule has 1 aromatic rings. The van der Waals surface area contributed by atoms with E-state index in [4.69, 9.17) is 19.4 Å². The number of nitrogens with one attached hydrogen (secondary N) is 1. The normalized spacial score (nSPS) is 27.5. The molecular formula is C11H19N3O12P2. The van der Waals surface area contributed by atoms with Crippen molar-refractivity contribution in [3.05, 3.63) is 22.7 Å². The molecule has 160 valence electrons. The van der Waals surface area contributed by atoms with E-state index in [1.165, 1.54) is 12.3 Å². The molecule has 28 heavy (non-hydrogen) atoms. The minimum absolute atomic E-state index is 0.0897. The molecule has 0 spiro atoms. The molecule has 1 aliphatic heterocycles. The lowest BCUT2D eigenvalue weighted by Gasteiger charge is -2.18. The van der Waals surface area contributed by atoms with Crippen LogP contribution in [0.25, 0.3) is 0 Å². The van der Waals surface area contributed by atoms with Crippen molar-refractivity contribution in [1.29, 1.82) is 0 Å². The lowest BCUT2D eigenvalue weighted by molar-refractivity contribution is -0.0541. The number of hydrogen-bond donors (Lipinski definition) is 6. The summed E-state index contributed by atoms with van der Waals surface area (Å²) in [6.07, 6.45) is -4.93. The highest BCUT2D eigenvalue weighted by Crippen LogP contribution is 2.57. The van der Waals surface area contributed by atoms with E-state index in [9.17, 15) is 29.0 Å². The molecule has 1 saturated heterocycles. The lowest BCUT2D eigenvalue weighted by atomic mass is 10.1. The quantitative estimate of drug-likeness (QED) is 0.187. The highest BCUT2D eigenvalue weighted by atomic mass is 31.3. The first-order valence-electron chi connectivity index (χ1n) is 7.66. The minimum Gasteiger partial charge on any atom is -0.387 e. The van der Waals surface area contributed by atoms with Crippen molar-refractivity contribution in [2.24, 2.45) is 0 Å². The number of ether oxygens (including phenoxy) is 1. The van der Waals surface area contributed by atoms with Gasteiger partial charge in [0, 0.05) is 6.20 Å². The second-order valence-corrected chi connectivity index (χ2v) is 8.25. The number of hydrogen-bond acceptors (Lipinski definition) is 11. The second-order valence-electron chi connectivity index (χ2n) is 5.42.